The van der Waals surface area contributed by atoms with Crippen molar-refractivity contribution in [2.24, 2.45) is 0 Å². The third kappa shape index (κ3) is 3.68. The van der Waals surface area contributed by atoms with Crippen molar-refractivity contribution in [2.75, 3.05) is 6.61 Å². The van der Waals surface area contributed by atoms with Crippen molar-refractivity contribution in [1.29, 1.82) is 0 Å². The Hall–Kier alpha value is -1.81. The Morgan fingerprint density at radius 1 is 0.933 bits per heavy atom. The lowest BCUT2D eigenvalue weighted by Crippen LogP contribution is -2.56. The molecule has 0 saturated carbocycles. The maximum atomic E-state index is 12.2. The van der Waals surface area contributed by atoms with Crippen molar-refractivity contribution >= 4 is 10.8 Å². The van der Waals surface area contributed by atoms with Gasteiger partial charge in [-0.2, -0.15) is 0 Å². The fourth-order valence-electron chi connectivity index (χ4n) is 4.36. The first kappa shape index (κ1) is 20.1. The highest BCUT2D eigenvalue weighted by Crippen LogP contribution is 2.44. The summed E-state index contributed by atoms with van der Waals surface area (Å²) in [7, 11) is 0. The molecule has 3 aliphatic rings. The van der Waals surface area contributed by atoms with E-state index in [4.69, 9.17) is 32.8 Å². The van der Waals surface area contributed by atoms with Gasteiger partial charge in [0.25, 0.3) is 0 Å². The minimum atomic E-state index is -0.764. The van der Waals surface area contributed by atoms with E-state index in [-0.39, 0.29) is 37.2 Å². The molecule has 0 radical (unpaired) electrons. The van der Waals surface area contributed by atoms with Crippen LogP contribution in [0.2, 0.25) is 0 Å². The van der Waals surface area contributed by atoms with Crippen LogP contribution in [-0.4, -0.2) is 48.9 Å². The molecule has 0 amide bonds. The number of benzene rings is 1. The van der Waals surface area contributed by atoms with Crippen LogP contribution in [0.4, 0.5) is 0 Å². The van der Waals surface area contributed by atoms with Gasteiger partial charge in [-0.15, -0.1) is 0 Å². The average Bonchev–Trinajstić information content (AvgIpc) is 3.16. The highest BCUT2D eigenvalue weighted by atomic mass is 16.9. The Balaban J connectivity index is 1.29. The third-order valence-electron chi connectivity index (χ3n) is 5.50. The van der Waals surface area contributed by atoms with E-state index in [9.17, 15) is 4.79 Å². The average molecular weight is 418 g/mol. The first-order valence-corrected chi connectivity index (χ1v) is 10.2. The van der Waals surface area contributed by atoms with Crippen molar-refractivity contribution in [3.63, 3.8) is 0 Å². The number of hydrogen-bond acceptors (Lipinski definition) is 8. The molecule has 2 aromatic rings. The standard InChI is InChI=1S/C22H26O8/c1-21(2)27-16-15(26-20-18(17(16)28-21)29-22(3,4)30-20)11-24-10-13-9-12-7-5-6-8-14(12)19(23)25-13/h5-9,15-18,20H,10-11H2,1-4H3/t15-,16+,17+,18-,20-/m1/s1. The zero-order valence-electron chi connectivity index (χ0n) is 17.5. The lowest BCUT2D eigenvalue weighted by Gasteiger charge is -2.37. The summed E-state index contributed by atoms with van der Waals surface area (Å²) in [6.45, 7) is 7.78. The highest BCUT2D eigenvalue weighted by molar-refractivity contribution is 5.81. The van der Waals surface area contributed by atoms with Crippen LogP contribution in [-0.2, 0) is 35.0 Å². The first-order chi connectivity index (χ1) is 14.2. The molecule has 3 fully saturated rings. The van der Waals surface area contributed by atoms with Crippen LogP contribution in [0, 0.1) is 0 Å². The summed E-state index contributed by atoms with van der Waals surface area (Å²) in [5, 5.41) is 1.36. The van der Waals surface area contributed by atoms with Gasteiger partial charge in [-0.05, 0) is 45.2 Å². The van der Waals surface area contributed by atoms with E-state index in [1.165, 1.54) is 0 Å². The Morgan fingerprint density at radius 3 is 2.47 bits per heavy atom. The summed E-state index contributed by atoms with van der Waals surface area (Å²) in [5.74, 6) is -1.07. The van der Waals surface area contributed by atoms with Crippen LogP contribution in [0.3, 0.4) is 0 Å². The van der Waals surface area contributed by atoms with Crippen LogP contribution >= 0.6 is 0 Å². The molecule has 4 heterocycles. The Labute approximate surface area is 173 Å². The molecule has 30 heavy (non-hydrogen) atoms. The summed E-state index contributed by atoms with van der Waals surface area (Å²) >= 11 is 0. The van der Waals surface area contributed by atoms with Crippen LogP contribution in [0.25, 0.3) is 10.8 Å². The van der Waals surface area contributed by atoms with Gasteiger partial charge in [-0.3, -0.25) is 0 Å². The maximum Gasteiger partial charge on any atom is 0.343 e. The van der Waals surface area contributed by atoms with Gasteiger partial charge in [0.15, 0.2) is 17.9 Å². The lowest BCUT2D eigenvalue weighted by atomic mass is 9.99. The molecule has 8 nitrogen and oxygen atoms in total. The molecule has 1 aromatic heterocycles. The van der Waals surface area contributed by atoms with Gasteiger partial charge in [-0.25, -0.2) is 4.79 Å². The van der Waals surface area contributed by atoms with Crippen LogP contribution in [0.1, 0.15) is 33.5 Å². The monoisotopic (exact) mass is 418 g/mol. The van der Waals surface area contributed by atoms with E-state index in [1.807, 2.05) is 45.9 Å². The fraction of sp³-hybridized carbons (Fsp3) is 0.591. The number of hydrogen-bond donors (Lipinski definition) is 0. The first-order valence-electron chi connectivity index (χ1n) is 10.2. The quantitative estimate of drug-likeness (QED) is 0.749. The van der Waals surface area contributed by atoms with Gasteiger partial charge in [0.2, 0.25) is 0 Å². The molecule has 8 heteroatoms. The second-order valence-electron chi connectivity index (χ2n) is 8.81. The Kier molecular flexibility index (Phi) is 4.77. The smallest absolute Gasteiger partial charge is 0.343 e. The lowest BCUT2D eigenvalue weighted by molar-refractivity contribution is -0.243. The molecule has 5 rings (SSSR count). The second kappa shape index (κ2) is 7.12. The summed E-state index contributed by atoms with van der Waals surface area (Å²) in [6.07, 6.45) is -2.04. The summed E-state index contributed by atoms with van der Waals surface area (Å²) < 4.78 is 41.4. The topological polar surface area (TPSA) is 85.6 Å². The Bertz CT molecular complexity index is 996. The van der Waals surface area contributed by atoms with Crippen LogP contribution < -0.4 is 5.63 Å². The molecule has 162 valence electrons. The number of fused-ring (bicyclic) bond motifs is 4. The van der Waals surface area contributed by atoms with E-state index >= 15 is 0 Å². The van der Waals surface area contributed by atoms with E-state index in [0.29, 0.717) is 11.1 Å². The third-order valence-corrected chi connectivity index (χ3v) is 5.50. The largest absolute Gasteiger partial charge is 0.425 e. The highest BCUT2D eigenvalue weighted by Gasteiger charge is 2.60. The minimum absolute atomic E-state index is 0.137. The zero-order chi connectivity index (χ0) is 21.1. The molecule has 3 aliphatic heterocycles. The van der Waals surface area contributed by atoms with Crippen molar-refractivity contribution in [1.82, 2.24) is 0 Å². The molecule has 1 aromatic carbocycles. The van der Waals surface area contributed by atoms with Crippen molar-refractivity contribution < 1.29 is 32.8 Å². The normalized spacial score (nSPS) is 34.1. The molecule has 0 aliphatic carbocycles. The predicted molar refractivity (Wildman–Crippen MR) is 105 cm³/mol. The van der Waals surface area contributed by atoms with Crippen LogP contribution in [0.5, 0.6) is 0 Å². The Morgan fingerprint density at radius 2 is 1.63 bits per heavy atom. The molecule has 0 N–H and O–H groups in total. The van der Waals surface area contributed by atoms with Gasteiger partial charge in [0.05, 0.1) is 12.0 Å². The number of rotatable bonds is 4. The SMILES string of the molecule is CC1(C)O[C@H]2[C@@H](O1)[C@@H](COCc1cc3ccccc3c(=O)o1)O[C@@H]1OC(C)(C)O[C@@H]12. The van der Waals surface area contributed by atoms with Gasteiger partial charge >= 0.3 is 5.63 Å². The van der Waals surface area contributed by atoms with E-state index < -0.39 is 24.0 Å². The van der Waals surface area contributed by atoms with E-state index in [1.54, 1.807) is 12.1 Å². The van der Waals surface area contributed by atoms with Gasteiger partial charge in [0, 0.05) is 0 Å². The molecule has 3 saturated heterocycles. The molecule has 0 bridgehead atoms. The van der Waals surface area contributed by atoms with Crippen molar-refractivity contribution in [3.8, 4) is 0 Å². The maximum absolute atomic E-state index is 12.2. The molecule has 0 spiro atoms. The number of ether oxygens (including phenoxy) is 6. The van der Waals surface area contributed by atoms with Crippen molar-refractivity contribution in [3.05, 3.63) is 46.5 Å². The zero-order valence-corrected chi connectivity index (χ0v) is 17.5. The minimum Gasteiger partial charge on any atom is -0.425 e. The molecular formula is C22H26O8. The molecular weight excluding hydrogens is 392 g/mol. The van der Waals surface area contributed by atoms with Gasteiger partial charge in [0.1, 0.15) is 36.8 Å². The second-order valence-corrected chi connectivity index (χ2v) is 8.81. The van der Waals surface area contributed by atoms with Gasteiger partial charge in [-0.1, -0.05) is 18.2 Å². The summed E-state index contributed by atoms with van der Waals surface area (Å²) in [6, 6.07) is 9.11. The van der Waals surface area contributed by atoms with E-state index in [2.05, 4.69) is 0 Å². The summed E-state index contributed by atoms with van der Waals surface area (Å²) in [4.78, 5) is 12.2. The van der Waals surface area contributed by atoms with E-state index in [0.717, 1.165) is 5.39 Å². The van der Waals surface area contributed by atoms with Crippen LogP contribution in [0.15, 0.2) is 39.5 Å². The summed E-state index contributed by atoms with van der Waals surface area (Å²) in [5.41, 5.74) is -0.378. The van der Waals surface area contributed by atoms with Crippen molar-refractivity contribution in [2.45, 2.75) is 76.6 Å². The molecule has 5 atom stereocenters. The fourth-order valence-corrected chi connectivity index (χ4v) is 4.36. The molecule has 0 unspecified atom stereocenters. The van der Waals surface area contributed by atoms with Gasteiger partial charge < -0.3 is 32.8 Å². The predicted octanol–water partition coefficient (Wildman–Crippen LogP) is 2.71.